The highest BCUT2D eigenvalue weighted by Crippen LogP contribution is 2.11. The largest absolute Gasteiger partial charge is 0.286 e. The second-order valence-electron chi connectivity index (χ2n) is 3.70. The normalized spacial score (nSPS) is 10.4. The Kier molecular flexibility index (Phi) is 2.92. The van der Waals surface area contributed by atoms with Crippen LogP contribution in [-0.2, 0) is 0 Å². The van der Waals surface area contributed by atoms with Crippen LogP contribution in [0.15, 0.2) is 39.7 Å². The van der Waals surface area contributed by atoms with Crippen molar-refractivity contribution in [3.63, 3.8) is 0 Å². The van der Waals surface area contributed by atoms with Crippen molar-refractivity contribution in [3.8, 4) is 5.69 Å². The Labute approximate surface area is 102 Å². The van der Waals surface area contributed by atoms with Gasteiger partial charge in [-0.3, -0.25) is 4.79 Å². The van der Waals surface area contributed by atoms with Crippen LogP contribution in [0, 0.1) is 13.8 Å². The number of halogens is 1. The lowest BCUT2D eigenvalue weighted by atomic mass is 10.2. The molecule has 0 bridgehead atoms. The first-order valence-electron chi connectivity index (χ1n) is 4.91. The first-order chi connectivity index (χ1) is 7.59. The maximum atomic E-state index is 12.0. The van der Waals surface area contributed by atoms with Crippen LogP contribution in [0.2, 0.25) is 0 Å². The van der Waals surface area contributed by atoms with Crippen molar-refractivity contribution >= 4 is 15.9 Å². The Balaban J connectivity index is 2.66. The number of hydrogen-bond acceptors (Lipinski definition) is 2. The molecule has 0 unspecified atom stereocenters. The average Bonchev–Trinajstić information content (AvgIpc) is 2.26. The van der Waals surface area contributed by atoms with E-state index < -0.39 is 0 Å². The summed E-state index contributed by atoms with van der Waals surface area (Å²) in [5.74, 6) is 0. The Hall–Kier alpha value is -1.42. The van der Waals surface area contributed by atoms with E-state index in [4.69, 9.17) is 0 Å². The van der Waals surface area contributed by atoms with E-state index in [0.29, 0.717) is 4.47 Å². The van der Waals surface area contributed by atoms with Crippen LogP contribution in [0.4, 0.5) is 0 Å². The maximum absolute atomic E-state index is 12.0. The molecule has 2 aromatic rings. The first kappa shape index (κ1) is 11.1. The van der Waals surface area contributed by atoms with E-state index in [2.05, 4.69) is 21.0 Å². The zero-order valence-electron chi connectivity index (χ0n) is 9.07. The summed E-state index contributed by atoms with van der Waals surface area (Å²) < 4.78 is 1.95. The molecule has 0 saturated carbocycles. The molecule has 0 aliphatic rings. The molecule has 1 aromatic carbocycles. The Morgan fingerprint density at radius 2 is 2.06 bits per heavy atom. The number of hydrogen-bond donors (Lipinski definition) is 0. The summed E-state index contributed by atoms with van der Waals surface area (Å²) in [5, 5.41) is 4.12. The van der Waals surface area contributed by atoms with Crippen LogP contribution in [0.5, 0.6) is 0 Å². The predicted molar refractivity (Wildman–Crippen MR) is 67.0 cm³/mol. The summed E-state index contributed by atoms with van der Waals surface area (Å²) in [7, 11) is 0. The van der Waals surface area contributed by atoms with Crippen molar-refractivity contribution in [2.24, 2.45) is 0 Å². The Bertz CT molecular complexity index is 590. The van der Waals surface area contributed by atoms with E-state index in [1.54, 1.807) is 6.20 Å². The highest BCUT2D eigenvalue weighted by molar-refractivity contribution is 9.10. The van der Waals surface area contributed by atoms with Gasteiger partial charge in [0.25, 0.3) is 5.56 Å². The van der Waals surface area contributed by atoms with Gasteiger partial charge in [-0.25, -0.2) is 0 Å². The van der Waals surface area contributed by atoms with Crippen LogP contribution >= 0.6 is 15.9 Å². The maximum Gasteiger partial charge on any atom is 0.286 e. The quantitative estimate of drug-likeness (QED) is 0.804. The van der Waals surface area contributed by atoms with Crippen molar-refractivity contribution in [2.45, 2.75) is 13.8 Å². The van der Waals surface area contributed by atoms with Gasteiger partial charge >= 0.3 is 0 Å². The topological polar surface area (TPSA) is 34.9 Å². The van der Waals surface area contributed by atoms with Gasteiger partial charge in [-0.2, -0.15) is 9.78 Å². The lowest BCUT2D eigenvalue weighted by molar-refractivity contribution is 0.792. The van der Waals surface area contributed by atoms with Gasteiger partial charge in [0, 0.05) is 0 Å². The van der Waals surface area contributed by atoms with Gasteiger partial charge in [0.1, 0.15) is 0 Å². The summed E-state index contributed by atoms with van der Waals surface area (Å²) in [6.45, 7) is 3.83. The predicted octanol–water partition coefficient (Wildman–Crippen LogP) is 2.61. The monoisotopic (exact) mass is 278 g/mol. The van der Waals surface area contributed by atoms with E-state index >= 15 is 0 Å². The highest BCUT2D eigenvalue weighted by Gasteiger charge is 2.06. The molecular formula is C12H11BrN2O. The van der Waals surface area contributed by atoms with Crippen molar-refractivity contribution < 1.29 is 0 Å². The molecule has 0 N–H and O–H groups in total. The minimum absolute atomic E-state index is 0.134. The standard InChI is InChI=1S/C12H11BrN2O/c1-8-4-3-5-10(6-8)15-12(16)11(13)9(2)7-14-15/h3-7H,1-2H3. The van der Waals surface area contributed by atoms with E-state index in [1.165, 1.54) is 4.68 Å². The molecule has 0 spiro atoms. The van der Waals surface area contributed by atoms with Crippen molar-refractivity contribution in [1.29, 1.82) is 0 Å². The van der Waals surface area contributed by atoms with Crippen LogP contribution in [-0.4, -0.2) is 9.78 Å². The number of aromatic nitrogens is 2. The van der Waals surface area contributed by atoms with E-state index in [9.17, 15) is 4.79 Å². The lowest BCUT2D eigenvalue weighted by Gasteiger charge is -2.06. The third kappa shape index (κ3) is 1.93. The van der Waals surface area contributed by atoms with E-state index in [0.717, 1.165) is 16.8 Å². The zero-order valence-corrected chi connectivity index (χ0v) is 10.7. The molecule has 0 amide bonds. The third-order valence-electron chi connectivity index (χ3n) is 2.34. The van der Waals surface area contributed by atoms with E-state index in [1.807, 2.05) is 38.1 Å². The zero-order chi connectivity index (χ0) is 11.7. The number of benzene rings is 1. The van der Waals surface area contributed by atoms with Crippen molar-refractivity contribution in [3.05, 3.63) is 56.4 Å². The molecule has 0 radical (unpaired) electrons. The van der Waals surface area contributed by atoms with Gasteiger partial charge in [0.15, 0.2) is 0 Å². The Morgan fingerprint density at radius 3 is 2.75 bits per heavy atom. The number of nitrogens with zero attached hydrogens (tertiary/aromatic N) is 2. The summed E-state index contributed by atoms with van der Waals surface area (Å²) in [6, 6.07) is 7.68. The molecule has 0 saturated heterocycles. The molecule has 16 heavy (non-hydrogen) atoms. The fourth-order valence-corrected chi connectivity index (χ4v) is 1.73. The number of aryl methyl sites for hydroxylation is 2. The average molecular weight is 279 g/mol. The molecule has 0 atom stereocenters. The van der Waals surface area contributed by atoms with Gasteiger partial charge in [-0.15, -0.1) is 0 Å². The second-order valence-corrected chi connectivity index (χ2v) is 4.49. The second kappa shape index (κ2) is 4.22. The fraction of sp³-hybridized carbons (Fsp3) is 0.167. The molecule has 4 heteroatoms. The molecule has 0 aliphatic carbocycles. The fourth-order valence-electron chi connectivity index (χ4n) is 1.46. The van der Waals surface area contributed by atoms with Crippen LogP contribution in [0.3, 0.4) is 0 Å². The molecular weight excluding hydrogens is 268 g/mol. The summed E-state index contributed by atoms with van der Waals surface area (Å²) >= 11 is 3.27. The third-order valence-corrected chi connectivity index (χ3v) is 3.30. The molecule has 0 aliphatic heterocycles. The van der Waals surface area contributed by atoms with Crippen LogP contribution in [0.1, 0.15) is 11.1 Å². The molecule has 1 aromatic heterocycles. The van der Waals surface area contributed by atoms with Gasteiger partial charge < -0.3 is 0 Å². The minimum Gasteiger partial charge on any atom is -0.266 e. The summed E-state index contributed by atoms with van der Waals surface area (Å²) in [4.78, 5) is 12.0. The van der Waals surface area contributed by atoms with Gasteiger partial charge in [0.2, 0.25) is 0 Å². The minimum atomic E-state index is -0.134. The molecule has 2 rings (SSSR count). The summed E-state index contributed by atoms with van der Waals surface area (Å²) in [6.07, 6.45) is 1.67. The van der Waals surface area contributed by atoms with Gasteiger partial charge in [-0.1, -0.05) is 12.1 Å². The van der Waals surface area contributed by atoms with Crippen LogP contribution in [0.25, 0.3) is 5.69 Å². The van der Waals surface area contributed by atoms with Gasteiger partial charge in [-0.05, 0) is 53.0 Å². The molecule has 1 heterocycles. The van der Waals surface area contributed by atoms with Crippen molar-refractivity contribution in [1.82, 2.24) is 9.78 Å². The Morgan fingerprint density at radius 1 is 1.31 bits per heavy atom. The smallest absolute Gasteiger partial charge is 0.266 e. The lowest BCUT2D eigenvalue weighted by Crippen LogP contribution is -2.22. The molecule has 3 nitrogen and oxygen atoms in total. The van der Waals surface area contributed by atoms with Gasteiger partial charge in [0.05, 0.1) is 16.4 Å². The van der Waals surface area contributed by atoms with Crippen LogP contribution < -0.4 is 5.56 Å². The van der Waals surface area contributed by atoms with E-state index in [-0.39, 0.29) is 5.56 Å². The highest BCUT2D eigenvalue weighted by atomic mass is 79.9. The number of rotatable bonds is 1. The SMILES string of the molecule is Cc1cccc(-n2ncc(C)c(Br)c2=O)c1. The molecule has 82 valence electrons. The molecule has 0 fully saturated rings. The summed E-state index contributed by atoms with van der Waals surface area (Å²) in [5.41, 5.74) is 2.59. The van der Waals surface area contributed by atoms with Crippen molar-refractivity contribution in [2.75, 3.05) is 0 Å². The first-order valence-corrected chi connectivity index (χ1v) is 5.70.